The summed E-state index contributed by atoms with van der Waals surface area (Å²) >= 11 is 1.24. The highest BCUT2D eigenvalue weighted by atomic mass is 32.2. The third-order valence-corrected chi connectivity index (χ3v) is 6.33. The molecule has 1 N–H and O–H groups in total. The van der Waals surface area contributed by atoms with Crippen LogP contribution >= 0.6 is 11.8 Å². The maximum atomic E-state index is 12.3. The molecule has 0 spiro atoms. The van der Waals surface area contributed by atoms with Crippen molar-refractivity contribution in [2.45, 2.75) is 45.3 Å². The molecule has 0 radical (unpaired) electrons. The number of methoxy groups -OCH3 is 2. The minimum absolute atomic E-state index is 0.0758. The third kappa shape index (κ3) is 7.25. The average molecular weight is 527 g/mol. The molecule has 0 saturated heterocycles. The smallest absolute Gasteiger partial charge is 0.230 e. The van der Waals surface area contributed by atoms with E-state index in [1.807, 2.05) is 64.1 Å². The number of nitrogens with zero attached hydrogens (tertiary/aromatic N) is 3. The summed E-state index contributed by atoms with van der Waals surface area (Å²) in [5, 5.41) is 12.2. The second kappa shape index (κ2) is 13.7. The fraction of sp³-hybridized carbons (Fsp3) is 0.407. The fourth-order valence-electron chi connectivity index (χ4n) is 3.50. The molecule has 2 aromatic carbocycles. The molecule has 1 unspecified atom stereocenters. The number of rotatable bonds is 13. The van der Waals surface area contributed by atoms with E-state index in [9.17, 15) is 4.79 Å². The number of nitrogens with one attached hydrogen (secondary N) is 1. The number of benzene rings is 2. The van der Waals surface area contributed by atoms with Crippen LogP contribution in [0.5, 0.6) is 23.0 Å². The van der Waals surface area contributed by atoms with Crippen LogP contribution in [0.15, 0.2) is 41.6 Å². The van der Waals surface area contributed by atoms with Crippen LogP contribution in [-0.4, -0.2) is 60.3 Å². The number of ether oxygens (including phenoxy) is 4. The highest BCUT2D eigenvalue weighted by Gasteiger charge is 2.19. The summed E-state index contributed by atoms with van der Waals surface area (Å²) in [6.45, 7) is 8.79. The summed E-state index contributed by atoms with van der Waals surface area (Å²) in [6.07, 6.45) is 0.860. The first-order valence-corrected chi connectivity index (χ1v) is 13.2. The normalized spacial score (nSPS) is 11.5. The van der Waals surface area contributed by atoms with Gasteiger partial charge in [-0.15, -0.1) is 10.2 Å². The van der Waals surface area contributed by atoms with Crippen LogP contribution in [-0.2, 0) is 4.79 Å². The van der Waals surface area contributed by atoms with Crippen molar-refractivity contribution >= 4 is 17.7 Å². The maximum Gasteiger partial charge on any atom is 0.230 e. The van der Waals surface area contributed by atoms with Crippen LogP contribution in [0.2, 0.25) is 0 Å². The Balaban J connectivity index is 2.06. The van der Waals surface area contributed by atoms with Gasteiger partial charge in [0.25, 0.3) is 0 Å². The van der Waals surface area contributed by atoms with Crippen LogP contribution in [0.1, 0.15) is 34.1 Å². The topological polar surface area (TPSA) is 105 Å². The maximum absolute atomic E-state index is 12.3. The van der Waals surface area contributed by atoms with Gasteiger partial charge < -0.3 is 24.3 Å². The van der Waals surface area contributed by atoms with Crippen molar-refractivity contribution in [2.75, 3.05) is 33.2 Å². The lowest BCUT2D eigenvalue weighted by molar-refractivity contribution is -0.119. The SMILES string of the molecule is CCOc1cc(-c2nnc(SCC(=O)NC(C)CC)nc2-c2ccc(OC)c(OCC)c2)ccc1OC. The molecule has 0 aliphatic carbocycles. The van der Waals surface area contributed by atoms with Crippen molar-refractivity contribution < 1.29 is 23.7 Å². The molecule has 198 valence electrons. The van der Waals surface area contributed by atoms with Crippen molar-refractivity contribution in [1.82, 2.24) is 20.5 Å². The van der Waals surface area contributed by atoms with Crippen LogP contribution in [0.25, 0.3) is 22.5 Å². The predicted molar refractivity (Wildman–Crippen MR) is 145 cm³/mol. The first kappa shape index (κ1) is 28.0. The van der Waals surface area contributed by atoms with Crippen LogP contribution in [0.4, 0.5) is 0 Å². The third-order valence-electron chi connectivity index (χ3n) is 5.49. The molecular weight excluding hydrogens is 492 g/mol. The standard InChI is InChI=1S/C27H34N4O5S/c1-7-17(4)28-24(32)16-37-27-29-25(18-10-12-20(33-5)22(14-18)35-8-2)26(30-31-27)19-11-13-21(34-6)23(15-19)36-9-3/h10-15,17H,7-9,16H2,1-6H3,(H,28,32). The predicted octanol–water partition coefficient (Wildman–Crippen LogP) is 5.03. The van der Waals surface area contributed by atoms with Gasteiger partial charge in [0.05, 0.1) is 33.2 Å². The summed E-state index contributed by atoms with van der Waals surface area (Å²) in [6, 6.07) is 11.3. The molecule has 3 aromatic rings. The van der Waals surface area contributed by atoms with Gasteiger partial charge in [0.15, 0.2) is 23.0 Å². The number of amides is 1. The van der Waals surface area contributed by atoms with Crippen LogP contribution < -0.4 is 24.3 Å². The monoisotopic (exact) mass is 526 g/mol. The van der Waals surface area contributed by atoms with Gasteiger partial charge in [-0.3, -0.25) is 4.79 Å². The summed E-state index contributed by atoms with van der Waals surface area (Å²) in [5.74, 6) is 2.55. The molecular formula is C27H34N4O5S. The number of aromatic nitrogens is 3. The lowest BCUT2D eigenvalue weighted by Crippen LogP contribution is -2.33. The van der Waals surface area contributed by atoms with E-state index in [-0.39, 0.29) is 17.7 Å². The van der Waals surface area contributed by atoms with Crippen LogP contribution in [0, 0.1) is 0 Å². The van der Waals surface area contributed by atoms with Gasteiger partial charge in [0, 0.05) is 17.2 Å². The highest BCUT2D eigenvalue weighted by molar-refractivity contribution is 7.99. The van der Waals surface area contributed by atoms with E-state index in [1.165, 1.54) is 11.8 Å². The molecule has 37 heavy (non-hydrogen) atoms. The molecule has 1 atom stereocenters. The quantitative estimate of drug-likeness (QED) is 0.307. The molecule has 1 aromatic heterocycles. The van der Waals surface area contributed by atoms with Gasteiger partial charge in [-0.1, -0.05) is 18.7 Å². The number of carbonyl (C=O) groups is 1. The molecule has 0 aliphatic rings. The van der Waals surface area contributed by atoms with E-state index in [2.05, 4.69) is 15.5 Å². The zero-order chi connectivity index (χ0) is 26.8. The molecule has 0 aliphatic heterocycles. The highest BCUT2D eigenvalue weighted by Crippen LogP contribution is 2.38. The Bertz CT molecular complexity index is 1210. The second-order valence-corrected chi connectivity index (χ2v) is 9.00. The van der Waals surface area contributed by atoms with E-state index in [0.717, 1.165) is 17.5 Å². The van der Waals surface area contributed by atoms with Crippen molar-refractivity contribution in [3.05, 3.63) is 36.4 Å². The Morgan fingerprint density at radius 1 is 0.865 bits per heavy atom. The summed E-state index contributed by atoms with van der Waals surface area (Å²) in [5.41, 5.74) is 2.69. The molecule has 0 saturated carbocycles. The van der Waals surface area contributed by atoms with Crippen LogP contribution in [0.3, 0.4) is 0 Å². The van der Waals surface area contributed by atoms with E-state index >= 15 is 0 Å². The first-order chi connectivity index (χ1) is 17.9. The minimum Gasteiger partial charge on any atom is -0.493 e. The Morgan fingerprint density at radius 3 is 1.95 bits per heavy atom. The molecule has 10 heteroatoms. The van der Waals surface area contributed by atoms with Crippen molar-refractivity contribution in [3.63, 3.8) is 0 Å². The molecule has 1 heterocycles. The number of thioether (sulfide) groups is 1. The average Bonchev–Trinajstić information content (AvgIpc) is 2.92. The van der Waals surface area contributed by atoms with E-state index in [0.29, 0.717) is 52.8 Å². The van der Waals surface area contributed by atoms with Crippen molar-refractivity contribution in [1.29, 1.82) is 0 Å². The molecule has 3 rings (SSSR count). The summed E-state index contributed by atoms with van der Waals surface area (Å²) in [4.78, 5) is 17.1. The minimum atomic E-state index is -0.0758. The lowest BCUT2D eigenvalue weighted by Gasteiger charge is -2.15. The number of hydrogen-bond donors (Lipinski definition) is 1. The van der Waals surface area contributed by atoms with E-state index < -0.39 is 0 Å². The second-order valence-electron chi connectivity index (χ2n) is 8.05. The Morgan fingerprint density at radius 2 is 1.43 bits per heavy atom. The van der Waals surface area contributed by atoms with Crippen molar-refractivity contribution in [2.24, 2.45) is 0 Å². The Kier molecular flexibility index (Phi) is 10.4. The summed E-state index contributed by atoms with van der Waals surface area (Å²) < 4.78 is 22.4. The zero-order valence-electron chi connectivity index (χ0n) is 22.2. The molecule has 9 nitrogen and oxygen atoms in total. The van der Waals surface area contributed by atoms with Gasteiger partial charge in [-0.2, -0.15) is 0 Å². The van der Waals surface area contributed by atoms with Gasteiger partial charge in [-0.25, -0.2) is 4.98 Å². The van der Waals surface area contributed by atoms with E-state index in [1.54, 1.807) is 14.2 Å². The van der Waals surface area contributed by atoms with Gasteiger partial charge in [0.1, 0.15) is 11.4 Å². The van der Waals surface area contributed by atoms with Gasteiger partial charge >= 0.3 is 0 Å². The van der Waals surface area contributed by atoms with Crippen molar-refractivity contribution in [3.8, 4) is 45.5 Å². The molecule has 0 fully saturated rings. The largest absolute Gasteiger partial charge is 0.493 e. The lowest BCUT2D eigenvalue weighted by atomic mass is 10.0. The van der Waals surface area contributed by atoms with E-state index in [4.69, 9.17) is 23.9 Å². The zero-order valence-corrected chi connectivity index (χ0v) is 23.0. The van der Waals surface area contributed by atoms with Gasteiger partial charge in [-0.05, 0) is 63.6 Å². The Labute approximate surface area is 222 Å². The molecule has 0 bridgehead atoms. The van der Waals surface area contributed by atoms with Gasteiger partial charge in [0.2, 0.25) is 11.1 Å². The summed E-state index contributed by atoms with van der Waals surface area (Å²) in [7, 11) is 3.20. The molecule has 1 amide bonds. The number of hydrogen-bond acceptors (Lipinski definition) is 9. The fourth-order valence-corrected chi connectivity index (χ4v) is 4.10. The number of carbonyl (C=O) groups excluding carboxylic acids is 1. The first-order valence-electron chi connectivity index (χ1n) is 12.2. The Hall–Kier alpha value is -3.53.